The van der Waals surface area contributed by atoms with Gasteiger partial charge in [-0.2, -0.15) is 0 Å². The number of aromatic nitrogens is 2. The highest BCUT2D eigenvalue weighted by Crippen LogP contribution is 2.23. The highest BCUT2D eigenvalue weighted by molar-refractivity contribution is 5.67. The van der Waals surface area contributed by atoms with Gasteiger partial charge in [0.25, 0.3) is 0 Å². The van der Waals surface area contributed by atoms with Crippen molar-refractivity contribution in [1.29, 1.82) is 0 Å². The number of anilines is 1. The molecule has 0 bridgehead atoms. The van der Waals surface area contributed by atoms with Crippen molar-refractivity contribution in [2.24, 2.45) is 5.92 Å². The number of rotatable bonds is 3. The Morgan fingerprint density at radius 3 is 2.63 bits per heavy atom. The molecule has 0 amide bonds. The predicted molar refractivity (Wildman–Crippen MR) is 82.4 cm³/mol. The fourth-order valence-corrected chi connectivity index (χ4v) is 1.89. The Balaban J connectivity index is 2.52. The number of fused-ring (bicyclic) bond motifs is 1. The minimum atomic E-state index is 0.00618. The summed E-state index contributed by atoms with van der Waals surface area (Å²) in [5.74, 6) is 1.58. The lowest BCUT2D eigenvalue weighted by Gasteiger charge is -2.22. The average molecular weight is 257 g/mol. The SMILES string of the molecule is CC(C)/C=C/c1nc2ccccn2c1NC(C)(C)C. The van der Waals surface area contributed by atoms with Gasteiger partial charge in [-0.05, 0) is 44.9 Å². The third-order valence-electron chi connectivity index (χ3n) is 2.69. The molecule has 0 saturated heterocycles. The third kappa shape index (κ3) is 3.37. The topological polar surface area (TPSA) is 29.3 Å². The van der Waals surface area contributed by atoms with Gasteiger partial charge in [-0.3, -0.25) is 4.40 Å². The van der Waals surface area contributed by atoms with Gasteiger partial charge in [0.2, 0.25) is 0 Å². The highest BCUT2D eigenvalue weighted by atomic mass is 15.2. The molecule has 0 fully saturated rings. The summed E-state index contributed by atoms with van der Waals surface area (Å²) >= 11 is 0. The number of hydrogen-bond donors (Lipinski definition) is 1. The number of nitrogens with one attached hydrogen (secondary N) is 1. The van der Waals surface area contributed by atoms with E-state index in [1.165, 1.54) is 0 Å². The molecular formula is C16H23N3. The van der Waals surface area contributed by atoms with E-state index in [0.29, 0.717) is 5.92 Å². The summed E-state index contributed by atoms with van der Waals surface area (Å²) in [5.41, 5.74) is 1.97. The van der Waals surface area contributed by atoms with Crippen molar-refractivity contribution in [2.45, 2.75) is 40.2 Å². The van der Waals surface area contributed by atoms with Crippen LogP contribution in [-0.2, 0) is 0 Å². The second-order valence-electron chi connectivity index (χ2n) is 6.25. The van der Waals surface area contributed by atoms with Crippen LogP contribution in [0, 0.1) is 5.92 Å². The zero-order valence-electron chi connectivity index (χ0n) is 12.4. The molecule has 19 heavy (non-hydrogen) atoms. The zero-order chi connectivity index (χ0) is 14.0. The fourth-order valence-electron chi connectivity index (χ4n) is 1.89. The van der Waals surface area contributed by atoms with Gasteiger partial charge in [0.15, 0.2) is 0 Å². The molecule has 0 aromatic carbocycles. The summed E-state index contributed by atoms with van der Waals surface area (Å²) in [6, 6.07) is 6.07. The maximum atomic E-state index is 4.68. The summed E-state index contributed by atoms with van der Waals surface area (Å²) in [6.45, 7) is 10.8. The van der Waals surface area contributed by atoms with E-state index in [2.05, 4.69) is 61.5 Å². The largest absolute Gasteiger partial charge is 0.365 e. The van der Waals surface area contributed by atoms with Crippen LogP contribution >= 0.6 is 0 Å². The second-order valence-corrected chi connectivity index (χ2v) is 6.25. The Kier molecular flexibility index (Phi) is 3.65. The lowest BCUT2D eigenvalue weighted by Crippen LogP contribution is -2.27. The van der Waals surface area contributed by atoms with Crippen LogP contribution in [0.25, 0.3) is 11.7 Å². The molecule has 0 saturated carbocycles. The van der Waals surface area contributed by atoms with Crippen LogP contribution in [0.2, 0.25) is 0 Å². The minimum Gasteiger partial charge on any atom is -0.365 e. The van der Waals surface area contributed by atoms with Gasteiger partial charge in [0.1, 0.15) is 17.2 Å². The van der Waals surface area contributed by atoms with Crippen LogP contribution in [0.1, 0.15) is 40.3 Å². The first-order valence-electron chi connectivity index (χ1n) is 6.80. The standard InChI is InChI=1S/C16H23N3/c1-12(2)9-10-13-15(18-16(3,4)5)19-11-7-6-8-14(19)17-13/h6-12,18H,1-5H3/b10-9+. The molecule has 2 aromatic rings. The second kappa shape index (κ2) is 5.08. The molecule has 0 spiro atoms. The first-order valence-corrected chi connectivity index (χ1v) is 6.80. The minimum absolute atomic E-state index is 0.00618. The highest BCUT2D eigenvalue weighted by Gasteiger charge is 2.16. The van der Waals surface area contributed by atoms with Gasteiger partial charge in [-0.25, -0.2) is 4.98 Å². The van der Waals surface area contributed by atoms with E-state index < -0.39 is 0 Å². The van der Waals surface area contributed by atoms with E-state index in [1.807, 2.05) is 24.4 Å². The Hall–Kier alpha value is -1.77. The van der Waals surface area contributed by atoms with Crippen molar-refractivity contribution in [1.82, 2.24) is 9.38 Å². The number of nitrogens with zero attached hydrogens (tertiary/aromatic N) is 2. The van der Waals surface area contributed by atoms with Crippen molar-refractivity contribution in [2.75, 3.05) is 5.32 Å². The average Bonchev–Trinajstić information content (AvgIpc) is 2.63. The predicted octanol–water partition coefficient (Wildman–Crippen LogP) is 4.21. The van der Waals surface area contributed by atoms with E-state index in [1.54, 1.807) is 0 Å². The molecule has 2 aromatic heterocycles. The van der Waals surface area contributed by atoms with Gasteiger partial charge in [-0.1, -0.05) is 26.0 Å². The summed E-state index contributed by atoms with van der Waals surface area (Å²) in [4.78, 5) is 4.68. The van der Waals surface area contributed by atoms with Crippen LogP contribution in [0.5, 0.6) is 0 Å². The maximum Gasteiger partial charge on any atom is 0.139 e. The molecule has 2 heterocycles. The number of imidazole rings is 1. The van der Waals surface area contributed by atoms with Crippen LogP contribution in [0.3, 0.4) is 0 Å². The number of hydrogen-bond acceptors (Lipinski definition) is 2. The lowest BCUT2D eigenvalue weighted by atomic mass is 10.1. The van der Waals surface area contributed by atoms with Crippen LogP contribution < -0.4 is 5.32 Å². The van der Waals surface area contributed by atoms with Gasteiger partial charge >= 0.3 is 0 Å². The van der Waals surface area contributed by atoms with Crippen molar-refractivity contribution >= 4 is 17.5 Å². The van der Waals surface area contributed by atoms with Crippen LogP contribution in [0.15, 0.2) is 30.5 Å². The summed E-state index contributed by atoms with van der Waals surface area (Å²) in [6.07, 6.45) is 6.32. The van der Waals surface area contributed by atoms with Crippen molar-refractivity contribution in [3.63, 3.8) is 0 Å². The van der Waals surface area contributed by atoms with Gasteiger partial charge < -0.3 is 5.32 Å². The Labute approximate surface area is 115 Å². The summed E-state index contributed by atoms with van der Waals surface area (Å²) < 4.78 is 2.10. The normalized spacial score (nSPS) is 12.7. The third-order valence-corrected chi connectivity index (χ3v) is 2.69. The summed E-state index contributed by atoms with van der Waals surface area (Å²) in [7, 11) is 0. The molecule has 102 valence electrons. The maximum absolute atomic E-state index is 4.68. The smallest absolute Gasteiger partial charge is 0.139 e. The quantitative estimate of drug-likeness (QED) is 0.892. The Bertz CT molecular complexity index is 586. The lowest BCUT2D eigenvalue weighted by molar-refractivity contribution is 0.629. The monoisotopic (exact) mass is 257 g/mol. The van der Waals surface area contributed by atoms with Gasteiger partial charge in [0, 0.05) is 11.7 Å². The molecule has 0 unspecified atom stereocenters. The molecule has 0 aliphatic rings. The van der Waals surface area contributed by atoms with Crippen LogP contribution in [-0.4, -0.2) is 14.9 Å². The molecule has 3 nitrogen and oxygen atoms in total. The molecule has 1 N–H and O–H groups in total. The van der Waals surface area contributed by atoms with E-state index in [9.17, 15) is 0 Å². The van der Waals surface area contributed by atoms with E-state index in [-0.39, 0.29) is 5.54 Å². The number of allylic oxidation sites excluding steroid dienone is 1. The Morgan fingerprint density at radius 2 is 2.00 bits per heavy atom. The molecule has 0 radical (unpaired) electrons. The first-order chi connectivity index (χ1) is 8.87. The molecule has 0 atom stereocenters. The van der Waals surface area contributed by atoms with Crippen molar-refractivity contribution < 1.29 is 0 Å². The van der Waals surface area contributed by atoms with Gasteiger partial charge in [-0.15, -0.1) is 0 Å². The van der Waals surface area contributed by atoms with Gasteiger partial charge in [0.05, 0.1) is 0 Å². The molecule has 3 heteroatoms. The Morgan fingerprint density at radius 1 is 1.26 bits per heavy atom. The molecule has 2 rings (SSSR count). The fraction of sp³-hybridized carbons (Fsp3) is 0.438. The first kappa shape index (κ1) is 13.7. The van der Waals surface area contributed by atoms with Crippen molar-refractivity contribution in [3.05, 3.63) is 36.2 Å². The number of pyridine rings is 1. The van der Waals surface area contributed by atoms with E-state index in [0.717, 1.165) is 17.2 Å². The summed E-state index contributed by atoms with van der Waals surface area (Å²) in [5, 5.41) is 3.55. The molecule has 0 aliphatic heterocycles. The zero-order valence-corrected chi connectivity index (χ0v) is 12.4. The molecular weight excluding hydrogens is 234 g/mol. The van der Waals surface area contributed by atoms with E-state index >= 15 is 0 Å². The molecule has 0 aliphatic carbocycles. The van der Waals surface area contributed by atoms with Crippen molar-refractivity contribution in [3.8, 4) is 0 Å². The van der Waals surface area contributed by atoms with E-state index in [4.69, 9.17) is 0 Å². The van der Waals surface area contributed by atoms with Crippen LogP contribution in [0.4, 0.5) is 5.82 Å².